The number of hydrogen-bond donors (Lipinski definition) is 0. The second kappa shape index (κ2) is 13.9. The molecule has 7 nitrogen and oxygen atoms in total. The van der Waals surface area contributed by atoms with E-state index in [2.05, 4.69) is 31.9 Å². The van der Waals surface area contributed by atoms with Gasteiger partial charge in [0.05, 0.1) is 33.0 Å². The molecule has 228 valence electrons. The van der Waals surface area contributed by atoms with Gasteiger partial charge < -0.3 is 14.2 Å². The number of aromatic nitrogens is 1. The van der Waals surface area contributed by atoms with Crippen LogP contribution in [-0.4, -0.2) is 23.2 Å². The van der Waals surface area contributed by atoms with E-state index in [9.17, 15) is 9.59 Å². The van der Waals surface area contributed by atoms with Crippen LogP contribution in [0.3, 0.4) is 0 Å². The van der Waals surface area contributed by atoms with Crippen molar-refractivity contribution in [3.05, 3.63) is 122 Å². The Morgan fingerprint density at radius 2 is 1.86 bits per heavy atom. The number of esters is 1. The van der Waals surface area contributed by atoms with Crippen molar-refractivity contribution in [2.24, 2.45) is 4.99 Å². The minimum atomic E-state index is -0.799. The molecule has 1 aliphatic rings. The van der Waals surface area contributed by atoms with Gasteiger partial charge in [0.1, 0.15) is 24.1 Å². The van der Waals surface area contributed by atoms with Gasteiger partial charge in [-0.05, 0) is 74.0 Å². The van der Waals surface area contributed by atoms with Gasteiger partial charge >= 0.3 is 5.97 Å². The van der Waals surface area contributed by atoms with Gasteiger partial charge in [-0.3, -0.25) is 9.36 Å². The van der Waals surface area contributed by atoms with Crippen LogP contribution in [0.25, 0.3) is 6.08 Å². The number of para-hydroxylation sites is 1. The van der Waals surface area contributed by atoms with E-state index in [-0.39, 0.29) is 24.9 Å². The lowest BCUT2D eigenvalue weighted by molar-refractivity contribution is -0.139. The molecule has 0 saturated carbocycles. The van der Waals surface area contributed by atoms with Crippen molar-refractivity contribution in [2.45, 2.75) is 46.4 Å². The number of nitrogens with zero attached hydrogens (tertiary/aromatic N) is 2. The lowest BCUT2D eigenvalue weighted by atomic mass is 9.95. The van der Waals surface area contributed by atoms with Crippen molar-refractivity contribution < 1.29 is 19.0 Å². The third-order valence-electron chi connectivity index (χ3n) is 6.75. The topological polar surface area (TPSA) is 79.1 Å². The van der Waals surface area contributed by atoms with E-state index < -0.39 is 12.0 Å². The van der Waals surface area contributed by atoms with E-state index >= 15 is 0 Å². The van der Waals surface area contributed by atoms with Crippen LogP contribution < -0.4 is 24.4 Å². The van der Waals surface area contributed by atoms with Crippen molar-refractivity contribution in [1.82, 2.24) is 4.57 Å². The zero-order valence-electron chi connectivity index (χ0n) is 24.4. The Kier molecular flexibility index (Phi) is 10.1. The summed E-state index contributed by atoms with van der Waals surface area (Å²) in [6.45, 7) is 7.78. The second-order valence-corrected chi connectivity index (χ2v) is 13.4. The Hall–Kier alpha value is -3.18. The number of thiazole rings is 1. The van der Waals surface area contributed by atoms with E-state index in [0.717, 1.165) is 10.0 Å². The van der Waals surface area contributed by atoms with Gasteiger partial charge in [-0.25, -0.2) is 9.79 Å². The fraction of sp³-hybridized carbons (Fsp3) is 0.242. The van der Waals surface area contributed by atoms with E-state index in [1.807, 2.05) is 74.5 Å². The summed E-state index contributed by atoms with van der Waals surface area (Å²) in [6, 6.07) is 17.9. The highest BCUT2D eigenvalue weighted by molar-refractivity contribution is 9.11. The predicted octanol–water partition coefficient (Wildman–Crippen LogP) is 7.34. The third kappa shape index (κ3) is 6.73. The summed E-state index contributed by atoms with van der Waals surface area (Å²) in [7, 11) is 0. The normalized spacial score (nSPS) is 14.8. The quantitative estimate of drug-likeness (QED) is 0.167. The summed E-state index contributed by atoms with van der Waals surface area (Å²) in [5, 5.41) is 0.602. The Morgan fingerprint density at radius 3 is 2.59 bits per heavy atom. The summed E-state index contributed by atoms with van der Waals surface area (Å²) in [5.41, 5.74) is 2.64. The third-order valence-corrected chi connectivity index (χ3v) is 9.15. The minimum Gasteiger partial charge on any atom is -0.491 e. The Labute approximate surface area is 280 Å². The van der Waals surface area contributed by atoms with Gasteiger partial charge in [0.25, 0.3) is 5.56 Å². The Morgan fingerprint density at radius 1 is 1.14 bits per heavy atom. The van der Waals surface area contributed by atoms with Gasteiger partial charge in [0.2, 0.25) is 0 Å². The van der Waals surface area contributed by atoms with Crippen molar-refractivity contribution in [1.29, 1.82) is 0 Å². The number of rotatable bonds is 9. The molecule has 1 aromatic heterocycles. The molecule has 0 bridgehead atoms. The molecule has 4 aromatic rings. The molecule has 1 aliphatic heterocycles. The fourth-order valence-electron chi connectivity index (χ4n) is 4.90. The number of allylic oxidation sites excluding steroid dienone is 1. The second-order valence-electron chi connectivity index (χ2n) is 10.2. The van der Waals surface area contributed by atoms with Crippen LogP contribution in [0.4, 0.5) is 0 Å². The molecule has 2 heterocycles. The Bertz CT molecular complexity index is 1950. The van der Waals surface area contributed by atoms with Gasteiger partial charge in [-0.2, -0.15) is 0 Å². The highest BCUT2D eigenvalue weighted by Crippen LogP contribution is 2.37. The van der Waals surface area contributed by atoms with E-state index in [4.69, 9.17) is 30.8 Å². The summed E-state index contributed by atoms with van der Waals surface area (Å²) < 4.78 is 21.3. The maximum absolute atomic E-state index is 14.3. The molecular formula is C33H29Br2ClN2O5S. The van der Waals surface area contributed by atoms with Gasteiger partial charge in [-0.1, -0.05) is 75.3 Å². The molecule has 0 aliphatic carbocycles. The molecule has 0 unspecified atom stereocenters. The monoisotopic (exact) mass is 758 g/mol. The largest absolute Gasteiger partial charge is 0.491 e. The highest BCUT2D eigenvalue weighted by atomic mass is 79.9. The molecule has 1 atom stereocenters. The number of benzene rings is 3. The number of carbonyl (C=O) groups excluding carboxylic acids is 1. The first-order chi connectivity index (χ1) is 21.1. The number of fused-ring (bicyclic) bond motifs is 1. The summed E-state index contributed by atoms with van der Waals surface area (Å²) >= 11 is 14.8. The SMILES string of the molecule is CCOC(=O)C1=C(C)N=c2s/c(=C\c3cc(Br)cc(Br)c3OCc3ccccc3Cl)c(=O)n2[C@@H]1c1ccccc1OC(C)C. The number of ether oxygens (including phenoxy) is 3. The molecule has 0 amide bonds. The first-order valence-corrected chi connectivity index (χ1v) is 16.7. The maximum atomic E-state index is 14.3. The van der Waals surface area contributed by atoms with E-state index in [1.165, 1.54) is 11.3 Å². The molecule has 0 N–H and O–H groups in total. The zero-order chi connectivity index (χ0) is 31.5. The van der Waals surface area contributed by atoms with Crippen molar-refractivity contribution in [3.8, 4) is 11.5 Å². The molecule has 0 saturated heterocycles. The zero-order valence-corrected chi connectivity index (χ0v) is 29.1. The maximum Gasteiger partial charge on any atom is 0.338 e. The van der Waals surface area contributed by atoms with Crippen LogP contribution in [-0.2, 0) is 16.1 Å². The summed E-state index contributed by atoms with van der Waals surface area (Å²) in [6.07, 6.45) is 1.65. The molecule has 0 spiro atoms. The smallest absolute Gasteiger partial charge is 0.338 e. The first kappa shape index (κ1) is 32.2. The lowest BCUT2D eigenvalue weighted by Crippen LogP contribution is -2.40. The van der Waals surface area contributed by atoms with Crippen LogP contribution in [0.5, 0.6) is 11.5 Å². The molecule has 0 fully saturated rings. The molecule has 3 aromatic carbocycles. The average Bonchev–Trinajstić information content (AvgIpc) is 3.26. The van der Waals surface area contributed by atoms with Crippen molar-refractivity contribution >= 4 is 66.8 Å². The highest BCUT2D eigenvalue weighted by Gasteiger charge is 2.35. The van der Waals surface area contributed by atoms with Gasteiger partial charge in [-0.15, -0.1) is 0 Å². The molecule has 0 radical (unpaired) electrons. The summed E-state index contributed by atoms with van der Waals surface area (Å²) in [5.74, 6) is 0.595. The predicted molar refractivity (Wildman–Crippen MR) is 180 cm³/mol. The number of hydrogen-bond acceptors (Lipinski definition) is 7. The van der Waals surface area contributed by atoms with Crippen LogP contribution in [0, 0.1) is 0 Å². The van der Waals surface area contributed by atoms with Crippen LogP contribution >= 0.6 is 54.8 Å². The van der Waals surface area contributed by atoms with Crippen LogP contribution in [0.2, 0.25) is 5.02 Å². The van der Waals surface area contributed by atoms with Crippen LogP contribution in [0.1, 0.15) is 50.4 Å². The fourth-order valence-corrected chi connectivity index (χ4v) is 7.50. The molecular weight excluding hydrogens is 732 g/mol. The molecule has 11 heteroatoms. The lowest BCUT2D eigenvalue weighted by Gasteiger charge is -2.26. The molecule has 5 rings (SSSR count). The van der Waals surface area contributed by atoms with Crippen LogP contribution in [0.15, 0.2) is 90.7 Å². The van der Waals surface area contributed by atoms with Gasteiger partial charge in [0, 0.05) is 26.2 Å². The first-order valence-electron chi connectivity index (χ1n) is 13.9. The van der Waals surface area contributed by atoms with Gasteiger partial charge in [0.15, 0.2) is 4.80 Å². The van der Waals surface area contributed by atoms with Crippen molar-refractivity contribution in [3.63, 3.8) is 0 Å². The Balaban J connectivity index is 1.68. The average molecular weight is 761 g/mol. The van der Waals surface area contributed by atoms with E-state index in [0.29, 0.717) is 52.7 Å². The van der Waals surface area contributed by atoms with E-state index in [1.54, 1.807) is 24.5 Å². The number of carbonyl (C=O) groups is 1. The molecule has 44 heavy (non-hydrogen) atoms. The summed E-state index contributed by atoms with van der Waals surface area (Å²) in [4.78, 5) is 32.8. The standard InChI is InChI=1S/C33H29Br2ClN2O5S/c1-5-41-32(40)28-19(4)37-33-38(29(28)23-11-7-9-13-26(23)43-18(2)3)31(39)27(44-33)15-21-14-22(34)16-24(35)30(21)42-17-20-10-6-8-12-25(20)36/h6-16,18,29H,5,17H2,1-4H3/b27-15-/t29-/m1/s1. The van der Waals surface area contributed by atoms with Crippen molar-refractivity contribution in [2.75, 3.05) is 6.61 Å². The number of halogens is 3. The minimum absolute atomic E-state index is 0.123.